The summed E-state index contributed by atoms with van der Waals surface area (Å²) in [5.41, 5.74) is 2.99. The van der Waals surface area contributed by atoms with Crippen LogP contribution in [0.1, 0.15) is 67.1 Å². The van der Waals surface area contributed by atoms with E-state index in [0.717, 1.165) is 42.9 Å². The van der Waals surface area contributed by atoms with Crippen molar-refractivity contribution in [1.29, 1.82) is 0 Å². The number of hydrogen-bond acceptors (Lipinski definition) is 4. The van der Waals surface area contributed by atoms with E-state index in [0.29, 0.717) is 24.7 Å². The first-order chi connectivity index (χ1) is 15.0. The maximum atomic E-state index is 12.9. The second-order valence-electron chi connectivity index (χ2n) is 8.87. The molecule has 1 unspecified atom stereocenters. The summed E-state index contributed by atoms with van der Waals surface area (Å²) in [4.78, 5) is 27.5. The molecular weight excluding hydrogens is 390 g/mol. The molecule has 4 rings (SSSR count). The van der Waals surface area contributed by atoms with E-state index in [4.69, 9.17) is 9.47 Å². The van der Waals surface area contributed by atoms with Crippen molar-refractivity contribution < 1.29 is 19.1 Å². The van der Waals surface area contributed by atoms with E-state index in [1.165, 1.54) is 5.56 Å². The van der Waals surface area contributed by atoms with Gasteiger partial charge in [0.2, 0.25) is 5.91 Å². The molecule has 164 valence electrons. The number of rotatable bonds is 7. The van der Waals surface area contributed by atoms with Gasteiger partial charge in [0.15, 0.2) is 17.3 Å². The van der Waals surface area contributed by atoms with E-state index in [9.17, 15) is 9.59 Å². The molecule has 5 heteroatoms. The van der Waals surface area contributed by atoms with Crippen LogP contribution in [0.2, 0.25) is 0 Å². The normalized spacial score (nSPS) is 17.8. The fraction of sp³-hybridized carbons (Fsp3) is 0.462. The molecule has 0 spiro atoms. The first-order valence-corrected chi connectivity index (χ1v) is 11.3. The average Bonchev–Trinajstić information content (AvgIpc) is 3.27. The lowest BCUT2D eigenvalue weighted by Crippen LogP contribution is -2.30. The zero-order chi connectivity index (χ0) is 21.8. The Bertz CT molecular complexity index is 935. The molecule has 2 aliphatic rings. The Morgan fingerprint density at radius 1 is 1.00 bits per heavy atom. The van der Waals surface area contributed by atoms with Crippen LogP contribution in [-0.2, 0) is 11.2 Å². The molecule has 2 aromatic carbocycles. The van der Waals surface area contributed by atoms with Crippen LogP contribution in [0.5, 0.6) is 11.5 Å². The molecule has 1 atom stereocenters. The van der Waals surface area contributed by atoms with Gasteiger partial charge in [0, 0.05) is 24.9 Å². The number of ether oxygens (including phenoxy) is 2. The zero-order valence-electron chi connectivity index (χ0n) is 18.4. The minimum Gasteiger partial charge on any atom is -0.486 e. The van der Waals surface area contributed by atoms with Crippen molar-refractivity contribution in [3.05, 3.63) is 59.2 Å². The third-order valence-electron chi connectivity index (χ3n) is 6.01. The highest BCUT2D eigenvalue weighted by Gasteiger charge is 2.31. The van der Waals surface area contributed by atoms with E-state index in [1.54, 1.807) is 0 Å². The SMILES string of the molecule is CC(C)Cc1ccc(C(=O)CCC(=O)N2CCCC2c2ccc3c(c2)OCCO3)cc1. The van der Waals surface area contributed by atoms with E-state index >= 15 is 0 Å². The molecule has 5 nitrogen and oxygen atoms in total. The number of benzene rings is 2. The van der Waals surface area contributed by atoms with Crippen LogP contribution >= 0.6 is 0 Å². The summed E-state index contributed by atoms with van der Waals surface area (Å²) in [6.45, 7) is 6.21. The molecule has 0 radical (unpaired) electrons. The number of hydrogen-bond donors (Lipinski definition) is 0. The Balaban J connectivity index is 1.36. The second-order valence-corrected chi connectivity index (χ2v) is 8.87. The van der Waals surface area contributed by atoms with Gasteiger partial charge in [-0.15, -0.1) is 0 Å². The first kappa shape index (κ1) is 21.4. The molecule has 0 bridgehead atoms. The maximum absolute atomic E-state index is 12.9. The summed E-state index contributed by atoms with van der Waals surface area (Å²) in [6.07, 6.45) is 3.39. The number of Topliss-reactive ketones (excluding diaryl/α,β-unsaturated/α-hetero) is 1. The van der Waals surface area contributed by atoms with Crippen LogP contribution in [0.15, 0.2) is 42.5 Å². The Morgan fingerprint density at radius 2 is 1.74 bits per heavy atom. The summed E-state index contributed by atoms with van der Waals surface area (Å²) >= 11 is 0. The van der Waals surface area contributed by atoms with E-state index in [2.05, 4.69) is 13.8 Å². The minimum atomic E-state index is 0.0273. The summed E-state index contributed by atoms with van der Waals surface area (Å²) in [5, 5.41) is 0. The molecule has 1 saturated heterocycles. The predicted octanol–water partition coefficient (Wildman–Crippen LogP) is 4.98. The summed E-state index contributed by atoms with van der Waals surface area (Å²) in [6, 6.07) is 13.8. The van der Waals surface area contributed by atoms with Crippen LogP contribution in [0.25, 0.3) is 0 Å². The fourth-order valence-corrected chi connectivity index (χ4v) is 4.49. The number of likely N-dealkylation sites (tertiary alicyclic amines) is 1. The Labute approximate surface area is 184 Å². The third-order valence-corrected chi connectivity index (χ3v) is 6.01. The summed E-state index contributed by atoms with van der Waals surface area (Å²) < 4.78 is 11.3. The Morgan fingerprint density at radius 3 is 2.48 bits per heavy atom. The Kier molecular flexibility index (Phi) is 6.59. The van der Waals surface area contributed by atoms with Gasteiger partial charge >= 0.3 is 0 Å². The van der Waals surface area contributed by atoms with Gasteiger partial charge in [0.1, 0.15) is 13.2 Å². The van der Waals surface area contributed by atoms with Gasteiger partial charge < -0.3 is 14.4 Å². The van der Waals surface area contributed by atoms with Gasteiger partial charge in [0.25, 0.3) is 0 Å². The van der Waals surface area contributed by atoms with E-state index < -0.39 is 0 Å². The number of fused-ring (bicyclic) bond motifs is 1. The zero-order valence-corrected chi connectivity index (χ0v) is 18.4. The summed E-state index contributed by atoms with van der Waals surface area (Å²) in [5.74, 6) is 2.17. The third kappa shape index (κ3) is 5.09. The highest BCUT2D eigenvalue weighted by atomic mass is 16.6. The molecular formula is C26H31NO4. The van der Waals surface area contributed by atoms with Gasteiger partial charge in [-0.05, 0) is 48.4 Å². The number of nitrogens with zero attached hydrogens (tertiary/aromatic N) is 1. The van der Waals surface area contributed by atoms with Crippen molar-refractivity contribution in [2.45, 2.75) is 52.0 Å². The van der Waals surface area contributed by atoms with E-state index in [-0.39, 0.29) is 30.6 Å². The predicted molar refractivity (Wildman–Crippen MR) is 120 cm³/mol. The lowest BCUT2D eigenvalue weighted by molar-refractivity contribution is -0.132. The van der Waals surface area contributed by atoms with E-state index in [1.807, 2.05) is 47.4 Å². The summed E-state index contributed by atoms with van der Waals surface area (Å²) in [7, 11) is 0. The average molecular weight is 422 g/mol. The van der Waals surface area contributed by atoms with Gasteiger partial charge in [-0.2, -0.15) is 0 Å². The van der Waals surface area contributed by atoms with Crippen LogP contribution in [0, 0.1) is 5.92 Å². The molecule has 2 aromatic rings. The molecule has 0 aliphatic carbocycles. The van der Waals surface area contributed by atoms with Crippen LogP contribution in [-0.4, -0.2) is 36.3 Å². The largest absolute Gasteiger partial charge is 0.486 e. The molecule has 0 saturated carbocycles. The fourth-order valence-electron chi connectivity index (χ4n) is 4.49. The number of carbonyl (C=O) groups excluding carboxylic acids is 2. The highest BCUT2D eigenvalue weighted by Crippen LogP contribution is 2.38. The van der Waals surface area contributed by atoms with Crippen LogP contribution in [0.3, 0.4) is 0 Å². The van der Waals surface area contributed by atoms with Crippen molar-refractivity contribution >= 4 is 11.7 Å². The topological polar surface area (TPSA) is 55.8 Å². The first-order valence-electron chi connectivity index (χ1n) is 11.3. The maximum Gasteiger partial charge on any atom is 0.223 e. The second kappa shape index (κ2) is 9.54. The molecule has 1 amide bonds. The monoisotopic (exact) mass is 421 g/mol. The number of ketones is 1. The Hall–Kier alpha value is -2.82. The molecule has 1 fully saturated rings. The van der Waals surface area contributed by atoms with Crippen molar-refractivity contribution in [2.75, 3.05) is 19.8 Å². The highest BCUT2D eigenvalue weighted by molar-refractivity contribution is 5.98. The van der Waals surface area contributed by atoms with Crippen molar-refractivity contribution in [3.63, 3.8) is 0 Å². The number of amides is 1. The van der Waals surface area contributed by atoms with Crippen LogP contribution < -0.4 is 9.47 Å². The molecule has 0 N–H and O–H groups in total. The molecule has 31 heavy (non-hydrogen) atoms. The van der Waals surface area contributed by atoms with Gasteiger partial charge in [-0.25, -0.2) is 0 Å². The smallest absolute Gasteiger partial charge is 0.223 e. The lowest BCUT2D eigenvalue weighted by atomic mass is 9.99. The minimum absolute atomic E-state index is 0.0273. The molecule has 0 aromatic heterocycles. The van der Waals surface area contributed by atoms with Gasteiger partial charge in [-0.3, -0.25) is 9.59 Å². The van der Waals surface area contributed by atoms with Crippen molar-refractivity contribution in [1.82, 2.24) is 4.90 Å². The van der Waals surface area contributed by atoms with Crippen molar-refractivity contribution in [2.24, 2.45) is 5.92 Å². The molecule has 2 aliphatic heterocycles. The number of carbonyl (C=O) groups is 2. The van der Waals surface area contributed by atoms with Crippen LogP contribution in [0.4, 0.5) is 0 Å². The standard InChI is InChI=1S/C26H31NO4/c1-18(2)16-19-5-7-20(8-6-19)23(28)10-12-26(29)27-13-3-4-22(27)21-9-11-24-25(17-21)31-15-14-30-24/h5-9,11,17-18,22H,3-4,10,12-16H2,1-2H3. The molecule has 2 heterocycles. The lowest BCUT2D eigenvalue weighted by Gasteiger charge is -2.26. The van der Waals surface area contributed by atoms with Gasteiger partial charge in [-0.1, -0.05) is 44.2 Å². The van der Waals surface area contributed by atoms with Crippen molar-refractivity contribution in [3.8, 4) is 11.5 Å². The van der Waals surface area contributed by atoms with Gasteiger partial charge in [0.05, 0.1) is 6.04 Å². The quantitative estimate of drug-likeness (QED) is 0.592.